The van der Waals surface area contributed by atoms with Crippen LogP contribution in [0.5, 0.6) is 0 Å². The molecule has 0 radical (unpaired) electrons. The van der Waals surface area contributed by atoms with Gasteiger partial charge < -0.3 is 10.6 Å². The molecule has 2 N–H and O–H groups in total. The average Bonchev–Trinajstić information content (AvgIpc) is 2.45. The molecule has 20 heavy (non-hydrogen) atoms. The summed E-state index contributed by atoms with van der Waals surface area (Å²) >= 11 is 0. The van der Waals surface area contributed by atoms with E-state index in [1.807, 2.05) is 12.1 Å². The molecule has 0 aliphatic heterocycles. The SMILES string of the molecule is CCCCCC(C)(C)CNC(=O)c1cccc(NC)n1. The highest BCUT2D eigenvalue weighted by Crippen LogP contribution is 2.22. The summed E-state index contributed by atoms with van der Waals surface area (Å²) < 4.78 is 0. The quantitative estimate of drug-likeness (QED) is 0.715. The maximum absolute atomic E-state index is 12.1. The van der Waals surface area contributed by atoms with Crippen molar-refractivity contribution in [2.45, 2.75) is 46.5 Å². The molecule has 0 spiro atoms. The molecule has 0 aromatic carbocycles. The van der Waals surface area contributed by atoms with Gasteiger partial charge in [0.2, 0.25) is 0 Å². The fraction of sp³-hybridized carbons (Fsp3) is 0.625. The van der Waals surface area contributed by atoms with Gasteiger partial charge in [0.25, 0.3) is 5.91 Å². The number of hydrogen-bond donors (Lipinski definition) is 2. The van der Waals surface area contributed by atoms with Gasteiger partial charge in [0.05, 0.1) is 0 Å². The number of carbonyl (C=O) groups is 1. The normalized spacial score (nSPS) is 11.2. The number of rotatable bonds is 8. The zero-order valence-electron chi connectivity index (χ0n) is 13.1. The summed E-state index contributed by atoms with van der Waals surface area (Å²) in [4.78, 5) is 16.3. The van der Waals surface area contributed by atoms with Gasteiger partial charge in [0.1, 0.15) is 11.5 Å². The van der Waals surface area contributed by atoms with Crippen LogP contribution in [-0.4, -0.2) is 24.5 Å². The Bertz CT molecular complexity index is 429. The Hall–Kier alpha value is -1.58. The van der Waals surface area contributed by atoms with E-state index >= 15 is 0 Å². The molecular formula is C16H27N3O. The Balaban J connectivity index is 2.49. The first-order valence-corrected chi connectivity index (χ1v) is 7.41. The lowest BCUT2D eigenvalue weighted by Gasteiger charge is -2.24. The molecular weight excluding hydrogens is 250 g/mol. The van der Waals surface area contributed by atoms with Crippen LogP contribution in [0.3, 0.4) is 0 Å². The van der Waals surface area contributed by atoms with Crippen molar-refractivity contribution in [1.29, 1.82) is 0 Å². The number of amides is 1. The fourth-order valence-corrected chi connectivity index (χ4v) is 2.05. The first-order chi connectivity index (χ1) is 9.48. The summed E-state index contributed by atoms with van der Waals surface area (Å²) in [6.07, 6.45) is 4.82. The number of aromatic nitrogens is 1. The van der Waals surface area contributed by atoms with Crippen molar-refractivity contribution in [3.8, 4) is 0 Å². The fourth-order valence-electron chi connectivity index (χ4n) is 2.05. The molecule has 1 aromatic heterocycles. The summed E-state index contributed by atoms with van der Waals surface area (Å²) in [5, 5.41) is 5.93. The first kappa shape index (κ1) is 16.5. The molecule has 1 amide bonds. The molecule has 0 unspecified atom stereocenters. The minimum atomic E-state index is -0.106. The van der Waals surface area contributed by atoms with Crippen LogP contribution >= 0.6 is 0 Å². The van der Waals surface area contributed by atoms with E-state index in [1.165, 1.54) is 19.3 Å². The smallest absolute Gasteiger partial charge is 0.269 e. The number of unbranched alkanes of at least 4 members (excludes halogenated alkanes) is 2. The Morgan fingerprint density at radius 3 is 2.70 bits per heavy atom. The highest BCUT2D eigenvalue weighted by molar-refractivity contribution is 5.92. The van der Waals surface area contributed by atoms with Crippen molar-refractivity contribution in [3.63, 3.8) is 0 Å². The molecule has 112 valence electrons. The Labute approximate surface area is 122 Å². The molecule has 0 aliphatic carbocycles. The van der Waals surface area contributed by atoms with Crippen LogP contribution in [0.25, 0.3) is 0 Å². The highest BCUT2D eigenvalue weighted by atomic mass is 16.1. The topological polar surface area (TPSA) is 54.0 Å². The van der Waals surface area contributed by atoms with E-state index in [1.54, 1.807) is 13.1 Å². The number of nitrogens with one attached hydrogen (secondary N) is 2. The maximum atomic E-state index is 12.1. The van der Waals surface area contributed by atoms with Crippen molar-refractivity contribution < 1.29 is 4.79 Å². The van der Waals surface area contributed by atoms with Crippen molar-refractivity contribution in [1.82, 2.24) is 10.3 Å². The van der Waals surface area contributed by atoms with E-state index in [9.17, 15) is 4.79 Å². The van der Waals surface area contributed by atoms with Gasteiger partial charge in [0, 0.05) is 13.6 Å². The maximum Gasteiger partial charge on any atom is 0.269 e. The van der Waals surface area contributed by atoms with Crippen LogP contribution < -0.4 is 10.6 Å². The van der Waals surface area contributed by atoms with E-state index in [4.69, 9.17) is 0 Å². The van der Waals surface area contributed by atoms with Crippen molar-refractivity contribution in [3.05, 3.63) is 23.9 Å². The van der Waals surface area contributed by atoms with E-state index in [0.717, 1.165) is 6.42 Å². The molecule has 0 atom stereocenters. The molecule has 0 saturated carbocycles. The third-order valence-corrected chi connectivity index (χ3v) is 3.42. The predicted molar refractivity (Wildman–Crippen MR) is 84.0 cm³/mol. The summed E-state index contributed by atoms with van der Waals surface area (Å²) in [5.41, 5.74) is 0.590. The van der Waals surface area contributed by atoms with Gasteiger partial charge in [-0.2, -0.15) is 0 Å². The van der Waals surface area contributed by atoms with Crippen LogP contribution in [0.4, 0.5) is 5.82 Å². The Kier molecular flexibility index (Phi) is 6.49. The summed E-state index contributed by atoms with van der Waals surface area (Å²) in [6, 6.07) is 5.41. The second-order valence-corrected chi connectivity index (χ2v) is 5.96. The molecule has 4 nitrogen and oxygen atoms in total. The third kappa shape index (κ3) is 5.59. The van der Waals surface area contributed by atoms with Gasteiger partial charge in [-0.25, -0.2) is 4.98 Å². The van der Waals surface area contributed by atoms with Gasteiger partial charge in [-0.1, -0.05) is 46.1 Å². The van der Waals surface area contributed by atoms with Crippen LogP contribution in [0.15, 0.2) is 18.2 Å². The van der Waals surface area contributed by atoms with Gasteiger partial charge >= 0.3 is 0 Å². The van der Waals surface area contributed by atoms with Crippen LogP contribution in [0.2, 0.25) is 0 Å². The number of pyridine rings is 1. The zero-order chi connectivity index (χ0) is 15.0. The number of carbonyl (C=O) groups excluding carboxylic acids is 1. The monoisotopic (exact) mass is 277 g/mol. The molecule has 1 rings (SSSR count). The Morgan fingerprint density at radius 2 is 2.05 bits per heavy atom. The standard InChI is InChI=1S/C16H27N3O/c1-5-6-7-11-16(2,3)12-18-15(20)13-9-8-10-14(17-4)19-13/h8-10H,5-7,11-12H2,1-4H3,(H,17,19)(H,18,20). The van der Waals surface area contributed by atoms with Gasteiger partial charge in [-0.05, 0) is 24.0 Å². The van der Waals surface area contributed by atoms with E-state index in [2.05, 4.69) is 36.4 Å². The minimum absolute atomic E-state index is 0.106. The molecule has 4 heteroatoms. The lowest BCUT2D eigenvalue weighted by atomic mass is 9.87. The Morgan fingerprint density at radius 1 is 1.30 bits per heavy atom. The second kappa shape index (κ2) is 7.88. The summed E-state index contributed by atoms with van der Waals surface area (Å²) in [6.45, 7) is 7.27. The largest absolute Gasteiger partial charge is 0.373 e. The number of anilines is 1. The molecule has 0 aliphatic rings. The van der Waals surface area contributed by atoms with Crippen molar-refractivity contribution >= 4 is 11.7 Å². The first-order valence-electron chi connectivity index (χ1n) is 7.41. The van der Waals surface area contributed by atoms with Gasteiger partial charge in [0.15, 0.2) is 0 Å². The number of hydrogen-bond acceptors (Lipinski definition) is 3. The lowest BCUT2D eigenvalue weighted by molar-refractivity contribution is 0.0929. The molecule has 0 fully saturated rings. The number of nitrogens with zero attached hydrogens (tertiary/aromatic N) is 1. The molecule has 0 saturated heterocycles. The molecule has 1 heterocycles. The summed E-state index contributed by atoms with van der Waals surface area (Å²) in [5.74, 6) is 0.602. The van der Waals surface area contributed by atoms with E-state index < -0.39 is 0 Å². The molecule has 1 aromatic rings. The average molecular weight is 277 g/mol. The van der Waals surface area contributed by atoms with Crippen LogP contribution in [-0.2, 0) is 0 Å². The predicted octanol–water partition coefficient (Wildman–Crippen LogP) is 3.46. The van der Waals surface area contributed by atoms with Gasteiger partial charge in [-0.15, -0.1) is 0 Å². The van der Waals surface area contributed by atoms with Crippen molar-refractivity contribution in [2.75, 3.05) is 18.9 Å². The highest BCUT2D eigenvalue weighted by Gasteiger charge is 2.19. The lowest BCUT2D eigenvalue weighted by Crippen LogP contribution is -2.34. The van der Waals surface area contributed by atoms with Gasteiger partial charge in [-0.3, -0.25) is 4.79 Å². The third-order valence-electron chi connectivity index (χ3n) is 3.42. The van der Waals surface area contributed by atoms with Crippen LogP contribution in [0, 0.1) is 5.41 Å². The summed E-state index contributed by atoms with van der Waals surface area (Å²) in [7, 11) is 1.79. The van der Waals surface area contributed by atoms with E-state index in [-0.39, 0.29) is 11.3 Å². The molecule has 0 bridgehead atoms. The van der Waals surface area contributed by atoms with Crippen LogP contribution in [0.1, 0.15) is 56.9 Å². The van der Waals surface area contributed by atoms with Crippen molar-refractivity contribution in [2.24, 2.45) is 5.41 Å². The second-order valence-electron chi connectivity index (χ2n) is 5.96. The van der Waals surface area contributed by atoms with E-state index in [0.29, 0.717) is 18.1 Å². The zero-order valence-corrected chi connectivity index (χ0v) is 13.1. The minimum Gasteiger partial charge on any atom is -0.373 e.